The molecule has 0 radical (unpaired) electrons. The van der Waals surface area contributed by atoms with E-state index in [1.807, 2.05) is 0 Å². The summed E-state index contributed by atoms with van der Waals surface area (Å²) in [5.74, 6) is -1.72. The molecule has 2 rings (SSSR count). The minimum atomic E-state index is -4.22. The molecule has 0 aliphatic carbocycles. The average molecular weight is 322 g/mol. The van der Waals surface area contributed by atoms with Crippen molar-refractivity contribution in [3.8, 4) is 0 Å². The van der Waals surface area contributed by atoms with Crippen LogP contribution in [0, 0.1) is 6.92 Å². The van der Waals surface area contributed by atoms with Gasteiger partial charge in [0.15, 0.2) is 0 Å². The number of rotatable bonds is 4. The van der Waals surface area contributed by atoms with Gasteiger partial charge in [-0.2, -0.15) is 0 Å². The molecule has 0 fully saturated rings. The van der Waals surface area contributed by atoms with Crippen LogP contribution in [0.5, 0.6) is 0 Å². The highest BCUT2D eigenvalue weighted by Gasteiger charge is 2.19. The Morgan fingerprint density at radius 2 is 2.26 bits per heavy atom. The fourth-order valence-corrected chi connectivity index (χ4v) is 3.55. The van der Waals surface area contributed by atoms with Gasteiger partial charge in [0.05, 0.1) is 21.5 Å². The van der Waals surface area contributed by atoms with Gasteiger partial charge in [-0.3, -0.25) is 0 Å². The first kappa shape index (κ1) is 13.8. The van der Waals surface area contributed by atoms with Crippen molar-refractivity contribution < 1.29 is 22.8 Å². The highest BCUT2D eigenvalue weighted by molar-refractivity contribution is 7.94. The van der Waals surface area contributed by atoms with E-state index in [2.05, 4.69) is 14.4 Å². The second-order valence-electron chi connectivity index (χ2n) is 3.37. The third-order valence-electron chi connectivity index (χ3n) is 2.08. The first-order valence-corrected chi connectivity index (χ1v) is 7.43. The maximum absolute atomic E-state index is 12.0. The van der Waals surface area contributed by atoms with Crippen LogP contribution in [0.4, 0.5) is 5.88 Å². The molecular formula is C9H6ClN2O5S2-. The lowest BCUT2D eigenvalue weighted by Gasteiger charge is -2.17. The first-order chi connectivity index (χ1) is 8.83. The van der Waals surface area contributed by atoms with E-state index in [1.165, 1.54) is 12.3 Å². The van der Waals surface area contributed by atoms with Crippen LogP contribution < -0.4 is 0 Å². The van der Waals surface area contributed by atoms with Gasteiger partial charge in [0.2, 0.25) is 0 Å². The normalized spacial score (nSPS) is 11.5. The number of nitrogens with zero attached hydrogens (tertiary/aromatic N) is 2. The van der Waals surface area contributed by atoms with Crippen molar-refractivity contribution in [2.24, 2.45) is 0 Å². The van der Waals surface area contributed by atoms with Crippen LogP contribution >= 0.6 is 22.9 Å². The Hall–Kier alpha value is -1.58. The molecule has 0 saturated heterocycles. The number of thiophene rings is 1. The van der Waals surface area contributed by atoms with Gasteiger partial charge in [0.1, 0.15) is 14.9 Å². The van der Waals surface area contributed by atoms with Crippen LogP contribution in [0.1, 0.15) is 15.4 Å². The van der Waals surface area contributed by atoms with E-state index in [9.17, 15) is 13.2 Å². The number of hydrogen-bond donors (Lipinski definition) is 1. The van der Waals surface area contributed by atoms with Crippen molar-refractivity contribution in [1.82, 2.24) is 5.16 Å². The third-order valence-corrected chi connectivity index (χ3v) is 4.85. The topological polar surface area (TPSA) is 112 Å². The van der Waals surface area contributed by atoms with E-state index < -0.39 is 20.9 Å². The second kappa shape index (κ2) is 4.83. The SMILES string of the molecule is Cc1noc([N-]S(=O)(=O)c2ccsc2C(=O)O)c1Cl. The van der Waals surface area contributed by atoms with Crippen LogP contribution in [0.2, 0.25) is 5.02 Å². The van der Waals surface area contributed by atoms with Gasteiger partial charge in [-0.15, -0.1) is 11.3 Å². The zero-order chi connectivity index (χ0) is 14.2. The number of halogens is 1. The molecular weight excluding hydrogens is 316 g/mol. The largest absolute Gasteiger partial charge is 0.538 e. The van der Waals surface area contributed by atoms with Crippen LogP contribution in [-0.4, -0.2) is 24.7 Å². The molecule has 2 aromatic heterocycles. The summed E-state index contributed by atoms with van der Waals surface area (Å²) in [6, 6.07) is 1.16. The predicted molar refractivity (Wildman–Crippen MR) is 67.7 cm³/mol. The molecule has 0 unspecified atom stereocenters. The van der Waals surface area contributed by atoms with Crippen LogP contribution in [0.25, 0.3) is 4.72 Å². The Bertz CT molecular complexity index is 734. The maximum atomic E-state index is 12.0. The summed E-state index contributed by atoms with van der Waals surface area (Å²) < 4.78 is 32.0. The van der Waals surface area contributed by atoms with Gasteiger partial charge in [-0.1, -0.05) is 16.8 Å². The molecule has 2 heterocycles. The zero-order valence-electron chi connectivity index (χ0n) is 9.32. The Labute approximate surface area is 116 Å². The number of aryl methyl sites for hydroxylation is 1. The minimum absolute atomic E-state index is 0.0318. The number of hydrogen-bond acceptors (Lipinski definition) is 6. The summed E-state index contributed by atoms with van der Waals surface area (Å²) >= 11 is 6.54. The van der Waals surface area contributed by atoms with E-state index in [1.54, 1.807) is 0 Å². The lowest BCUT2D eigenvalue weighted by Crippen LogP contribution is -2.03. The molecule has 0 saturated carbocycles. The molecule has 19 heavy (non-hydrogen) atoms. The van der Waals surface area contributed by atoms with E-state index in [0.29, 0.717) is 5.69 Å². The van der Waals surface area contributed by atoms with E-state index in [0.717, 1.165) is 17.4 Å². The monoisotopic (exact) mass is 321 g/mol. The van der Waals surface area contributed by atoms with E-state index in [-0.39, 0.29) is 15.8 Å². The molecule has 7 nitrogen and oxygen atoms in total. The zero-order valence-corrected chi connectivity index (χ0v) is 11.7. The lowest BCUT2D eigenvalue weighted by atomic mass is 10.5. The Morgan fingerprint density at radius 1 is 1.58 bits per heavy atom. The molecule has 1 N–H and O–H groups in total. The maximum Gasteiger partial charge on any atom is 0.347 e. The molecule has 10 heteroatoms. The quantitative estimate of drug-likeness (QED) is 0.926. The van der Waals surface area contributed by atoms with Gasteiger partial charge in [-0.25, -0.2) is 13.2 Å². The number of sulfonamides is 1. The van der Waals surface area contributed by atoms with Gasteiger partial charge in [-0.05, 0) is 18.4 Å². The van der Waals surface area contributed by atoms with Crippen LogP contribution in [-0.2, 0) is 10.0 Å². The van der Waals surface area contributed by atoms with Crippen molar-refractivity contribution in [3.05, 3.63) is 31.8 Å². The Kier molecular flexibility index (Phi) is 3.52. The third kappa shape index (κ3) is 2.57. The van der Waals surface area contributed by atoms with Gasteiger partial charge in [0.25, 0.3) is 0 Å². The van der Waals surface area contributed by atoms with Gasteiger partial charge < -0.3 is 14.4 Å². The summed E-state index contributed by atoms with van der Waals surface area (Å²) in [4.78, 5) is 10.2. The molecule has 2 aromatic rings. The molecule has 0 bridgehead atoms. The van der Waals surface area contributed by atoms with Crippen LogP contribution in [0.3, 0.4) is 0 Å². The summed E-state index contributed by atoms with van der Waals surface area (Å²) in [7, 11) is -4.22. The van der Waals surface area contributed by atoms with E-state index in [4.69, 9.17) is 16.7 Å². The predicted octanol–water partition coefficient (Wildman–Crippen LogP) is 2.79. The van der Waals surface area contributed by atoms with Gasteiger partial charge >= 0.3 is 5.97 Å². The summed E-state index contributed by atoms with van der Waals surface area (Å²) in [6.07, 6.45) is 0. The number of carboxylic acid groups (broad SMARTS) is 1. The second-order valence-corrected chi connectivity index (χ2v) is 6.24. The average Bonchev–Trinajstić information content (AvgIpc) is 2.91. The van der Waals surface area contributed by atoms with Gasteiger partial charge in [0, 0.05) is 0 Å². The molecule has 0 aliphatic heterocycles. The summed E-state index contributed by atoms with van der Waals surface area (Å²) in [5.41, 5.74) is 0.291. The molecule has 0 spiro atoms. The fraction of sp³-hybridized carbons (Fsp3) is 0.111. The number of aromatic carboxylic acids is 1. The van der Waals surface area contributed by atoms with Crippen molar-refractivity contribution in [1.29, 1.82) is 0 Å². The molecule has 0 amide bonds. The van der Waals surface area contributed by atoms with Crippen molar-refractivity contribution in [3.63, 3.8) is 0 Å². The highest BCUT2D eigenvalue weighted by atomic mass is 35.5. The number of carbonyl (C=O) groups is 1. The molecule has 0 atom stereocenters. The molecule has 102 valence electrons. The molecule has 0 aliphatic rings. The Balaban J connectivity index is 2.41. The highest BCUT2D eigenvalue weighted by Crippen LogP contribution is 2.37. The lowest BCUT2D eigenvalue weighted by molar-refractivity contribution is 0.0698. The minimum Gasteiger partial charge on any atom is -0.538 e. The van der Waals surface area contributed by atoms with Crippen molar-refractivity contribution in [2.75, 3.05) is 0 Å². The van der Waals surface area contributed by atoms with E-state index >= 15 is 0 Å². The van der Waals surface area contributed by atoms with Crippen molar-refractivity contribution in [2.45, 2.75) is 11.8 Å². The Morgan fingerprint density at radius 3 is 2.79 bits per heavy atom. The number of aromatic nitrogens is 1. The smallest absolute Gasteiger partial charge is 0.347 e. The summed E-state index contributed by atoms with van der Waals surface area (Å²) in [5, 5.41) is 13.7. The van der Waals surface area contributed by atoms with Crippen LogP contribution in [0.15, 0.2) is 20.9 Å². The fourth-order valence-electron chi connectivity index (χ4n) is 1.22. The first-order valence-electron chi connectivity index (χ1n) is 4.73. The number of carboxylic acids is 1. The summed E-state index contributed by atoms with van der Waals surface area (Å²) in [6.45, 7) is 1.52. The standard InChI is InChI=1S/C9H7ClN2O5S2/c1-4-6(10)8(17-11-4)12-19(15,16)5-2-3-18-7(5)9(13)14/h2-3H,1H3,(H2,11,12,13,14)/p-1. The van der Waals surface area contributed by atoms with Crippen molar-refractivity contribution >= 4 is 44.8 Å². The molecule has 0 aromatic carbocycles.